The van der Waals surface area contributed by atoms with Crippen LogP contribution in [0.3, 0.4) is 0 Å². The molecule has 2 aromatic rings. The average Bonchev–Trinajstić information content (AvgIpc) is 2.47. The molecule has 0 aliphatic carbocycles. The lowest BCUT2D eigenvalue weighted by Crippen LogP contribution is -2.18. The van der Waals surface area contributed by atoms with Crippen molar-refractivity contribution >= 4 is 11.5 Å². The van der Waals surface area contributed by atoms with Crippen LogP contribution in [0.5, 0.6) is 5.75 Å². The average molecular weight is 323 g/mol. The van der Waals surface area contributed by atoms with Gasteiger partial charge in [-0.05, 0) is 24.6 Å². The maximum Gasteiger partial charge on any atom is 0.573 e. The minimum absolute atomic E-state index is 0.0501. The zero-order chi connectivity index (χ0) is 17.0. The molecule has 7 heteroatoms. The van der Waals surface area contributed by atoms with E-state index in [0.717, 1.165) is 5.56 Å². The normalized spacial score (nSPS) is 12.3. The van der Waals surface area contributed by atoms with E-state index >= 15 is 0 Å². The van der Waals surface area contributed by atoms with Crippen LogP contribution in [-0.4, -0.2) is 12.2 Å². The molecule has 0 saturated heterocycles. The van der Waals surface area contributed by atoms with E-state index in [0.29, 0.717) is 11.3 Å². The van der Waals surface area contributed by atoms with E-state index in [1.54, 1.807) is 18.2 Å². The van der Waals surface area contributed by atoms with E-state index in [4.69, 9.17) is 11.5 Å². The van der Waals surface area contributed by atoms with Gasteiger partial charge in [-0.2, -0.15) is 0 Å². The molecule has 4 N–H and O–H groups in total. The molecule has 0 amide bonds. The van der Waals surface area contributed by atoms with Gasteiger partial charge in [0.25, 0.3) is 0 Å². The third-order valence-corrected chi connectivity index (χ3v) is 3.22. The van der Waals surface area contributed by atoms with Crippen molar-refractivity contribution in [3.05, 3.63) is 59.2 Å². The summed E-state index contributed by atoms with van der Waals surface area (Å²) in [4.78, 5) is 4.12. The van der Waals surface area contributed by atoms with Gasteiger partial charge in [0.15, 0.2) is 0 Å². The van der Waals surface area contributed by atoms with E-state index in [1.807, 2.05) is 13.0 Å². The minimum Gasteiger partial charge on any atom is -0.405 e. The van der Waals surface area contributed by atoms with Crippen molar-refractivity contribution in [3.8, 4) is 5.75 Å². The Kier molecular flexibility index (Phi) is 4.78. The van der Waals surface area contributed by atoms with Crippen LogP contribution in [-0.2, 0) is 6.54 Å². The molecule has 0 aliphatic heterocycles. The molecule has 0 spiro atoms. The van der Waals surface area contributed by atoms with Gasteiger partial charge in [0.05, 0.1) is 6.54 Å². The Morgan fingerprint density at radius 2 is 1.83 bits per heavy atom. The van der Waals surface area contributed by atoms with E-state index in [1.165, 1.54) is 18.2 Å². The van der Waals surface area contributed by atoms with Gasteiger partial charge in [0.1, 0.15) is 11.6 Å². The van der Waals surface area contributed by atoms with Crippen molar-refractivity contribution in [2.75, 3.05) is 5.73 Å². The first-order chi connectivity index (χ1) is 10.8. The van der Waals surface area contributed by atoms with Crippen molar-refractivity contribution in [3.63, 3.8) is 0 Å². The first-order valence-electron chi connectivity index (χ1n) is 6.77. The number of alkyl halides is 3. The Bertz CT molecular complexity index is 727. The number of nitrogens with two attached hydrogens (primary N) is 2. The highest BCUT2D eigenvalue weighted by molar-refractivity contribution is 6.02. The topological polar surface area (TPSA) is 73.6 Å². The summed E-state index contributed by atoms with van der Waals surface area (Å²) in [5, 5.41) is 0. The first-order valence-corrected chi connectivity index (χ1v) is 6.77. The van der Waals surface area contributed by atoms with Crippen molar-refractivity contribution in [1.29, 1.82) is 0 Å². The predicted octanol–water partition coefficient (Wildman–Crippen LogP) is 3.38. The van der Waals surface area contributed by atoms with Gasteiger partial charge in [-0.15, -0.1) is 13.2 Å². The number of rotatable bonds is 4. The molecule has 0 bridgehead atoms. The van der Waals surface area contributed by atoms with E-state index < -0.39 is 6.36 Å². The molecule has 0 aliphatic rings. The predicted molar refractivity (Wildman–Crippen MR) is 83.1 cm³/mol. The number of nitrogens with zero attached hydrogens (tertiary/aromatic N) is 1. The summed E-state index contributed by atoms with van der Waals surface area (Å²) in [6, 6.07) is 11.1. The molecular formula is C16H16F3N3O. The van der Waals surface area contributed by atoms with E-state index in [-0.39, 0.29) is 23.7 Å². The van der Waals surface area contributed by atoms with Gasteiger partial charge in [-0.1, -0.05) is 30.3 Å². The molecular weight excluding hydrogens is 307 g/mol. The van der Waals surface area contributed by atoms with Crippen LogP contribution < -0.4 is 16.2 Å². The fourth-order valence-electron chi connectivity index (χ4n) is 2.02. The van der Waals surface area contributed by atoms with Crippen LogP contribution in [0.15, 0.2) is 47.5 Å². The fourth-order valence-corrected chi connectivity index (χ4v) is 2.02. The summed E-state index contributed by atoms with van der Waals surface area (Å²) < 4.78 is 41.1. The lowest BCUT2D eigenvalue weighted by molar-refractivity contribution is -0.274. The molecule has 0 atom stereocenters. The highest BCUT2D eigenvalue weighted by atomic mass is 19.4. The highest BCUT2D eigenvalue weighted by Gasteiger charge is 2.31. The SMILES string of the molecule is Cc1cccc(C(N)=NCc2ccccc2OC(F)(F)F)c1N. The number of halogens is 3. The van der Waals surface area contributed by atoms with Gasteiger partial charge in [-0.25, -0.2) is 0 Å². The second kappa shape index (κ2) is 6.60. The molecule has 4 nitrogen and oxygen atoms in total. The third-order valence-electron chi connectivity index (χ3n) is 3.22. The zero-order valence-electron chi connectivity index (χ0n) is 12.4. The van der Waals surface area contributed by atoms with Crippen LogP contribution in [0.25, 0.3) is 0 Å². The van der Waals surface area contributed by atoms with Crippen molar-refractivity contribution in [1.82, 2.24) is 0 Å². The summed E-state index contributed by atoms with van der Waals surface area (Å²) in [6.07, 6.45) is -4.76. The number of ether oxygens (including phenoxy) is 1. The van der Waals surface area contributed by atoms with E-state index in [9.17, 15) is 13.2 Å². The number of aliphatic imine (C=N–C) groups is 1. The van der Waals surface area contributed by atoms with Crippen LogP contribution in [0, 0.1) is 6.92 Å². The Hall–Kier alpha value is -2.70. The summed E-state index contributed by atoms with van der Waals surface area (Å²) >= 11 is 0. The minimum atomic E-state index is -4.76. The number of para-hydroxylation sites is 2. The lowest BCUT2D eigenvalue weighted by atomic mass is 10.1. The van der Waals surface area contributed by atoms with Crippen molar-refractivity contribution in [2.45, 2.75) is 19.8 Å². The number of aryl methyl sites for hydroxylation is 1. The number of nitrogen functional groups attached to an aromatic ring is 1. The molecule has 23 heavy (non-hydrogen) atoms. The number of amidine groups is 1. The first kappa shape index (κ1) is 16.7. The smallest absolute Gasteiger partial charge is 0.405 e. The van der Waals surface area contributed by atoms with Gasteiger partial charge in [0, 0.05) is 16.8 Å². The van der Waals surface area contributed by atoms with Crippen molar-refractivity contribution in [2.24, 2.45) is 10.7 Å². The molecule has 2 aromatic carbocycles. The Labute approximate surface area is 131 Å². The van der Waals surface area contributed by atoms with Gasteiger partial charge in [0.2, 0.25) is 0 Å². The molecule has 0 saturated carbocycles. The zero-order valence-corrected chi connectivity index (χ0v) is 12.4. The Morgan fingerprint density at radius 1 is 1.13 bits per heavy atom. The van der Waals surface area contributed by atoms with Crippen molar-refractivity contribution < 1.29 is 17.9 Å². The summed E-state index contributed by atoms with van der Waals surface area (Å²) in [5.74, 6) is -0.137. The summed E-state index contributed by atoms with van der Waals surface area (Å²) in [6.45, 7) is 1.78. The molecule has 0 fully saturated rings. The Balaban J connectivity index is 2.24. The van der Waals surface area contributed by atoms with Crippen LogP contribution in [0.1, 0.15) is 16.7 Å². The lowest BCUT2D eigenvalue weighted by Gasteiger charge is -2.12. The second-order valence-electron chi connectivity index (χ2n) is 4.89. The second-order valence-corrected chi connectivity index (χ2v) is 4.89. The number of hydrogen-bond donors (Lipinski definition) is 2. The fraction of sp³-hybridized carbons (Fsp3) is 0.188. The molecule has 0 heterocycles. The largest absolute Gasteiger partial charge is 0.573 e. The monoisotopic (exact) mass is 323 g/mol. The number of benzene rings is 2. The van der Waals surface area contributed by atoms with Crippen LogP contribution >= 0.6 is 0 Å². The maximum atomic E-state index is 12.4. The Morgan fingerprint density at radius 3 is 2.52 bits per heavy atom. The molecule has 0 unspecified atom stereocenters. The van der Waals surface area contributed by atoms with E-state index in [2.05, 4.69) is 9.73 Å². The molecule has 0 radical (unpaired) electrons. The van der Waals surface area contributed by atoms with Gasteiger partial charge in [-0.3, -0.25) is 4.99 Å². The molecule has 122 valence electrons. The van der Waals surface area contributed by atoms with Gasteiger partial charge < -0.3 is 16.2 Å². The highest BCUT2D eigenvalue weighted by Crippen LogP contribution is 2.27. The van der Waals surface area contributed by atoms with Crippen LogP contribution in [0.4, 0.5) is 18.9 Å². The van der Waals surface area contributed by atoms with Crippen LogP contribution in [0.2, 0.25) is 0 Å². The van der Waals surface area contributed by atoms with Gasteiger partial charge >= 0.3 is 6.36 Å². The molecule has 0 aromatic heterocycles. The molecule has 2 rings (SSSR count). The number of hydrogen-bond acceptors (Lipinski definition) is 3. The quantitative estimate of drug-likeness (QED) is 0.514. The standard InChI is InChI=1S/C16H16F3N3O/c1-10-5-4-7-12(14(10)20)15(21)22-9-11-6-2-3-8-13(11)23-16(17,18)19/h2-8H,9,20H2,1H3,(H2,21,22). The maximum absolute atomic E-state index is 12.4. The summed E-state index contributed by atoms with van der Waals surface area (Å²) in [7, 11) is 0. The summed E-state index contributed by atoms with van der Waals surface area (Å²) in [5.41, 5.74) is 14.0. The third kappa shape index (κ3) is 4.38. The number of anilines is 1.